The summed E-state index contributed by atoms with van der Waals surface area (Å²) in [5, 5.41) is 20.0. The number of hydrogen-bond donors (Lipinski definition) is 2. The maximum atomic E-state index is 14.0. The van der Waals surface area contributed by atoms with Crippen LogP contribution in [0.2, 0.25) is 5.02 Å². The molecule has 0 radical (unpaired) electrons. The summed E-state index contributed by atoms with van der Waals surface area (Å²) in [7, 11) is 0. The number of aliphatic carboxylic acids is 1. The van der Waals surface area contributed by atoms with Crippen molar-refractivity contribution in [3.63, 3.8) is 0 Å². The molecule has 0 saturated carbocycles. The third kappa shape index (κ3) is 3.08. The number of hydrogen-bond acceptors (Lipinski definition) is 5. The van der Waals surface area contributed by atoms with E-state index in [2.05, 4.69) is 6.58 Å². The molecule has 3 saturated heterocycles. The summed E-state index contributed by atoms with van der Waals surface area (Å²) in [5.74, 6) is -3.99. The average molecular weight is 449 g/mol. The van der Waals surface area contributed by atoms with E-state index in [1.807, 2.05) is 0 Å². The number of rotatable bonds is 7. The number of benzene rings is 1. The van der Waals surface area contributed by atoms with Crippen molar-refractivity contribution in [2.75, 3.05) is 18.1 Å². The Morgan fingerprint density at radius 2 is 2.16 bits per heavy atom. The Balaban J connectivity index is 1.83. The Bertz CT molecular complexity index is 938. The summed E-state index contributed by atoms with van der Waals surface area (Å²) in [6, 6.07) is 5.09. The van der Waals surface area contributed by atoms with Crippen molar-refractivity contribution in [3.05, 3.63) is 41.9 Å². The number of aliphatic hydroxyl groups excluding tert-OH is 1. The van der Waals surface area contributed by atoms with E-state index in [-0.39, 0.29) is 13.2 Å². The lowest BCUT2D eigenvalue weighted by Crippen LogP contribution is -2.58. The second-order valence-electron chi connectivity index (χ2n) is 8.36. The van der Waals surface area contributed by atoms with Crippen LogP contribution in [0, 0.1) is 11.8 Å². The molecule has 0 aromatic heterocycles. The molecule has 31 heavy (non-hydrogen) atoms. The first kappa shape index (κ1) is 21.8. The molecule has 8 nitrogen and oxygen atoms in total. The fourth-order valence-corrected chi connectivity index (χ4v) is 5.71. The van der Waals surface area contributed by atoms with Crippen molar-refractivity contribution in [3.8, 4) is 0 Å². The maximum Gasteiger partial charge on any atom is 0.310 e. The topological polar surface area (TPSA) is 107 Å². The summed E-state index contributed by atoms with van der Waals surface area (Å²) < 4.78 is 6.15. The van der Waals surface area contributed by atoms with Crippen LogP contribution in [0.4, 0.5) is 5.69 Å². The highest BCUT2D eigenvalue weighted by molar-refractivity contribution is 6.34. The number of carbonyl (C=O) groups is 3. The zero-order chi connectivity index (χ0) is 22.5. The summed E-state index contributed by atoms with van der Waals surface area (Å²) >= 11 is 6.36. The Hall–Kier alpha value is -2.42. The van der Waals surface area contributed by atoms with Crippen LogP contribution in [0.5, 0.6) is 0 Å². The molecule has 1 spiro atoms. The van der Waals surface area contributed by atoms with E-state index in [9.17, 15) is 24.6 Å². The molecule has 1 aromatic rings. The summed E-state index contributed by atoms with van der Waals surface area (Å²) in [4.78, 5) is 42.2. The van der Waals surface area contributed by atoms with Crippen LogP contribution in [-0.2, 0) is 19.1 Å². The molecule has 2 N–H and O–H groups in total. The van der Waals surface area contributed by atoms with Crippen LogP contribution in [0.3, 0.4) is 0 Å². The molecular weight excluding hydrogens is 424 g/mol. The summed E-state index contributed by atoms with van der Waals surface area (Å²) in [6.07, 6.45) is 1.80. The van der Waals surface area contributed by atoms with Crippen LogP contribution in [0.15, 0.2) is 36.9 Å². The van der Waals surface area contributed by atoms with Crippen LogP contribution >= 0.6 is 11.6 Å². The van der Waals surface area contributed by atoms with E-state index in [1.165, 1.54) is 9.80 Å². The highest BCUT2D eigenvalue weighted by atomic mass is 35.5. The number of amides is 2. The van der Waals surface area contributed by atoms with Crippen molar-refractivity contribution in [1.82, 2.24) is 4.90 Å². The van der Waals surface area contributed by atoms with Gasteiger partial charge in [-0.1, -0.05) is 29.8 Å². The molecule has 3 heterocycles. The molecule has 6 atom stereocenters. The molecule has 3 aliphatic heterocycles. The molecule has 1 aromatic carbocycles. The van der Waals surface area contributed by atoms with E-state index < -0.39 is 53.4 Å². The van der Waals surface area contributed by atoms with Gasteiger partial charge in [0.15, 0.2) is 0 Å². The van der Waals surface area contributed by atoms with E-state index in [0.717, 1.165) is 0 Å². The number of likely N-dealkylation sites (tertiary alicyclic amines) is 1. The Morgan fingerprint density at radius 3 is 2.77 bits per heavy atom. The minimum absolute atomic E-state index is 0.140. The van der Waals surface area contributed by atoms with Gasteiger partial charge in [0.25, 0.3) is 5.91 Å². The number of carboxylic acids is 1. The first-order valence-electron chi connectivity index (χ1n) is 10.3. The molecule has 9 heteroatoms. The monoisotopic (exact) mass is 448 g/mol. The maximum absolute atomic E-state index is 14.0. The number of para-hydroxylation sites is 1. The van der Waals surface area contributed by atoms with Crippen molar-refractivity contribution >= 4 is 35.1 Å². The zero-order valence-corrected chi connectivity index (χ0v) is 17.9. The summed E-state index contributed by atoms with van der Waals surface area (Å²) in [5.41, 5.74) is -0.785. The number of carboxylic acid groups (broad SMARTS) is 1. The Morgan fingerprint density at radius 1 is 1.45 bits per heavy atom. The normalized spacial score (nSPS) is 32.1. The van der Waals surface area contributed by atoms with Crippen molar-refractivity contribution < 1.29 is 29.3 Å². The molecule has 0 aliphatic carbocycles. The molecule has 4 rings (SSSR count). The lowest BCUT2D eigenvalue weighted by atomic mass is 9.70. The van der Waals surface area contributed by atoms with Crippen LogP contribution in [0.25, 0.3) is 0 Å². The highest BCUT2D eigenvalue weighted by Gasteiger charge is 2.75. The van der Waals surface area contributed by atoms with Gasteiger partial charge in [0, 0.05) is 6.54 Å². The van der Waals surface area contributed by atoms with E-state index in [1.54, 1.807) is 37.3 Å². The van der Waals surface area contributed by atoms with Crippen LogP contribution in [0.1, 0.15) is 19.8 Å². The average Bonchev–Trinajstić information content (AvgIpc) is 3.39. The lowest BCUT2D eigenvalue weighted by molar-refractivity contribution is -0.150. The third-order valence-corrected chi connectivity index (χ3v) is 7.04. The van der Waals surface area contributed by atoms with E-state index in [4.69, 9.17) is 16.3 Å². The van der Waals surface area contributed by atoms with Gasteiger partial charge in [0.2, 0.25) is 5.91 Å². The molecule has 3 aliphatic rings. The summed E-state index contributed by atoms with van der Waals surface area (Å²) in [6.45, 7) is 5.13. The molecule has 2 amide bonds. The largest absolute Gasteiger partial charge is 0.481 e. The van der Waals surface area contributed by atoms with Crippen molar-refractivity contribution in [2.45, 2.75) is 43.6 Å². The van der Waals surface area contributed by atoms with Crippen molar-refractivity contribution in [1.29, 1.82) is 0 Å². The third-order valence-electron chi connectivity index (χ3n) is 6.72. The van der Waals surface area contributed by atoms with Gasteiger partial charge in [0.05, 0.1) is 41.3 Å². The van der Waals surface area contributed by atoms with Gasteiger partial charge < -0.3 is 24.7 Å². The van der Waals surface area contributed by atoms with Gasteiger partial charge in [-0.15, -0.1) is 6.58 Å². The minimum Gasteiger partial charge on any atom is -0.481 e. The second kappa shape index (κ2) is 7.93. The lowest BCUT2D eigenvalue weighted by Gasteiger charge is -2.38. The molecule has 166 valence electrons. The van der Waals surface area contributed by atoms with E-state index in [0.29, 0.717) is 23.6 Å². The predicted molar refractivity (Wildman–Crippen MR) is 113 cm³/mol. The Labute approximate surface area is 185 Å². The number of halogens is 1. The smallest absolute Gasteiger partial charge is 0.310 e. The number of aliphatic hydroxyl groups is 1. The Kier molecular flexibility index (Phi) is 5.57. The minimum atomic E-state index is -1.24. The first-order valence-corrected chi connectivity index (χ1v) is 10.7. The predicted octanol–water partition coefficient (Wildman–Crippen LogP) is 1.70. The van der Waals surface area contributed by atoms with Gasteiger partial charge in [0.1, 0.15) is 11.6 Å². The fourth-order valence-electron chi connectivity index (χ4n) is 5.47. The standard InChI is InChI=1S/C22H25ClN2O6/c1-3-10-24(14-7-5-4-6-13(14)23)20(28)18-22-9-8-15(31-22)16(21(29)30)17(22)19(27)25(18)12(2)11-26/h3-7,12,15-18,26H,1,8-11H2,2H3,(H,29,30)/t12-,15-,16+,17+,18?,22?/m1/s1. The molecule has 3 fully saturated rings. The molecular formula is C22H25ClN2O6. The van der Waals surface area contributed by atoms with Crippen molar-refractivity contribution in [2.24, 2.45) is 11.8 Å². The number of fused-ring (bicyclic) bond motifs is 1. The van der Waals surface area contributed by atoms with E-state index >= 15 is 0 Å². The van der Waals surface area contributed by atoms with Gasteiger partial charge in [-0.3, -0.25) is 14.4 Å². The number of nitrogens with zero attached hydrogens (tertiary/aromatic N) is 2. The molecule has 2 unspecified atom stereocenters. The second-order valence-corrected chi connectivity index (χ2v) is 8.77. The van der Waals surface area contributed by atoms with Gasteiger partial charge >= 0.3 is 5.97 Å². The number of ether oxygens (including phenoxy) is 1. The highest BCUT2D eigenvalue weighted by Crippen LogP contribution is 2.59. The van der Waals surface area contributed by atoms with Gasteiger partial charge in [-0.05, 0) is 31.9 Å². The van der Waals surface area contributed by atoms with Crippen LogP contribution < -0.4 is 4.90 Å². The van der Waals surface area contributed by atoms with Crippen LogP contribution in [-0.4, -0.2) is 69.8 Å². The van der Waals surface area contributed by atoms with Gasteiger partial charge in [-0.25, -0.2) is 0 Å². The van der Waals surface area contributed by atoms with Gasteiger partial charge in [-0.2, -0.15) is 0 Å². The zero-order valence-electron chi connectivity index (χ0n) is 17.1. The first-order chi connectivity index (χ1) is 14.8. The number of anilines is 1. The quantitative estimate of drug-likeness (QED) is 0.615. The molecule has 2 bridgehead atoms. The number of carbonyl (C=O) groups excluding carboxylic acids is 2. The fraction of sp³-hybridized carbons (Fsp3) is 0.500. The SMILES string of the molecule is C=CCN(C(=O)C1N([C@H](C)CO)C(=O)[C@@H]2[C@@H](C(=O)O)[C@H]3CCC12O3)c1ccccc1Cl.